The van der Waals surface area contributed by atoms with Crippen molar-refractivity contribution < 1.29 is 4.42 Å². The van der Waals surface area contributed by atoms with Crippen LogP contribution in [0.25, 0.3) is 101 Å². The van der Waals surface area contributed by atoms with E-state index in [1.165, 1.54) is 95.5 Å². The van der Waals surface area contributed by atoms with Crippen molar-refractivity contribution in [3.05, 3.63) is 151 Å². The van der Waals surface area contributed by atoms with Gasteiger partial charge >= 0.3 is 0 Å². The summed E-state index contributed by atoms with van der Waals surface area (Å²) >= 11 is 3.77. The summed E-state index contributed by atoms with van der Waals surface area (Å²) in [5, 5.41) is 13.9. The fourth-order valence-electron chi connectivity index (χ4n) is 10.0. The Hall–Kier alpha value is -6.34. The van der Waals surface area contributed by atoms with E-state index in [0.29, 0.717) is 0 Å². The molecule has 3 nitrogen and oxygen atoms in total. The van der Waals surface area contributed by atoms with E-state index in [1.807, 2.05) is 22.7 Å². The van der Waals surface area contributed by atoms with E-state index in [-0.39, 0.29) is 10.8 Å². The van der Waals surface area contributed by atoms with E-state index in [4.69, 9.17) is 4.42 Å². The molecule has 12 aromatic rings. The number of nitrogens with zero attached hydrogens (tertiary/aromatic N) is 1. The molecule has 0 aliphatic carbocycles. The highest BCUT2D eigenvalue weighted by Gasteiger charge is 2.29. The Morgan fingerprint density at radius 2 is 1.18 bits per heavy atom. The van der Waals surface area contributed by atoms with Crippen molar-refractivity contribution in [3.63, 3.8) is 0 Å². The third-order valence-electron chi connectivity index (χ3n) is 13.3. The van der Waals surface area contributed by atoms with Crippen LogP contribution in [0.2, 0.25) is 0 Å². The van der Waals surface area contributed by atoms with E-state index >= 15 is 0 Å². The molecule has 1 radical (unpaired) electrons. The normalized spacial score (nSPS) is 13.1. The third kappa shape index (κ3) is 5.29. The van der Waals surface area contributed by atoms with Gasteiger partial charge in [0.15, 0.2) is 7.28 Å². The molecule has 62 heavy (non-hydrogen) atoms. The van der Waals surface area contributed by atoms with Crippen LogP contribution < -0.4 is 16.2 Å². The number of thiophene rings is 2. The second-order valence-electron chi connectivity index (χ2n) is 19.3. The molecule has 0 fully saturated rings. The molecule has 6 heteroatoms. The van der Waals surface area contributed by atoms with E-state index in [0.717, 1.165) is 38.8 Å². The number of aromatic nitrogens is 1. The molecule has 1 N–H and O–H groups in total. The lowest BCUT2D eigenvalue weighted by atomic mass is 9.59. The minimum absolute atomic E-state index is 0.0701. The van der Waals surface area contributed by atoms with Gasteiger partial charge in [-0.05, 0) is 93.0 Å². The zero-order valence-electron chi connectivity index (χ0n) is 35.5. The van der Waals surface area contributed by atoms with Crippen LogP contribution in [0.1, 0.15) is 52.7 Å². The van der Waals surface area contributed by atoms with Gasteiger partial charge in [0, 0.05) is 90.7 Å². The number of para-hydroxylation sites is 1. The van der Waals surface area contributed by atoms with Gasteiger partial charge in [-0.15, -0.1) is 22.7 Å². The molecule has 0 bridgehead atoms. The molecule has 0 saturated heterocycles. The smallest absolute Gasteiger partial charge is 0.197 e. The summed E-state index contributed by atoms with van der Waals surface area (Å²) in [4.78, 5) is 0. The summed E-state index contributed by atoms with van der Waals surface area (Å²) < 4.78 is 14.3. The predicted molar refractivity (Wildman–Crippen MR) is 271 cm³/mol. The maximum Gasteiger partial charge on any atom is 0.197 e. The minimum atomic E-state index is 0.0701. The Bertz CT molecular complexity index is 3880. The number of rotatable bonds is 3. The lowest BCUT2D eigenvalue weighted by Gasteiger charge is -2.24. The summed E-state index contributed by atoms with van der Waals surface area (Å²) in [7, 11) is 2.46. The molecule has 0 saturated carbocycles. The van der Waals surface area contributed by atoms with Crippen molar-refractivity contribution in [2.45, 2.75) is 52.4 Å². The van der Waals surface area contributed by atoms with Crippen molar-refractivity contribution in [3.8, 4) is 16.8 Å². The third-order valence-corrected chi connectivity index (χ3v) is 15.6. The van der Waals surface area contributed by atoms with Gasteiger partial charge in [-0.25, -0.2) is 0 Å². The molecule has 0 amide bonds. The monoisotopic (exact) mass is 833 g/mol. The van der Waals surface area contributed by atoms with Crippen molar-refractivity contribution in [1.82, 2.24) is 4.57 Å². The number of anilines is 2. The van der Waals surface area contributed by atoms with Gasteiger partial charge in [-0.2, -0.15) is 0 Å². The topological polar surface area (TPSA) is 30.1 Å². The molecule has 297 valence electrons. The summed E-state index contributed by atoms with van der Waals surface area (Å²) in [6.07, 6.45) is 0. The molecule has 1 aliphatic rings. The van der Waals surface area contributed by atoms with Crippen LogP contribution in [-0.4, -0.2) is 11.8 Å². The van der Waals surface area contributed by atoms with Gasteiger partial charge < -0.3 is 14.3 Å². The number of benzene rings is 8. The van der Waals surface area contributed by atoms with Crippen LogP contribution >= 0.6 is 22.7 Å². The largest absolute Gasteiger partial charge is 0.456 e. The number of fused-ring (bicyclic) bond motifs is 14. The number of hydrogen-bond acceptors (Lipinski definition) is 4. The fraction of sp³-hybridized carbons (Fsp3) is 0.143. The average molecular weight is 834 g/mol. The summed E-state index contributed by atoms with van der Waals surface area (Å²) in [5.74, 6) is 0. The van der Waals surface area contributed by atoms with E-state index < -0.39 is 0 Å². The summed E-state index contributed by atoms with van der Waals surface area (Å²) in [6.45, 7) is 13.7. The Balaban J connectivity index is 1.11. The molecule has 4 aromatic heterocycles. The molecular formula is C56H42BN2OS2. The highest BCUT2D eigenvalue weighted by molar-refractivity contribution is 7.26. The van der Waals surface area contributed by atoms with E-state index in [9.17, 15) is 0 Å². The van der Waals surface area contributed by atoms with Crippen molar-refractivity contribution in [2.24, 2.45) is 0 Å². The molecule has 0 atom stereocenters. The van der Waals surface area contributed by atoms with E-state index in [2.05, 4.69) is 198 Å². The van der Waals surface area contributed by atoms with Crippen LogP contribution in [0.3, 0.4) is 0 Å². The second kappa shape index (κ2) is 12.6. The van der Waals surface area contributed by atoms with Crippen molar-refractivity contribution in [1.29, 1.82) is 0 Å². The Labute approximate surface area is 368 Å². The molecule has 0 unspecified atom stereocenters. The van der Waals surface area contributed by atoms with Crippen LogP contribution in [0.4, 0.5) is 11.4 Å². The average Bonchev–Trinajstić information content (AvgIpc) is 4.00. The quantitative estimate of drug-likeness (QED) is 0.180. The lowest BCUT2D eigenvalue weighted by Crippen LogP contribution is -2.37. The second-order valence-corrected chi connectivity index (χ2v) is 21.4. The molecule has 1 aliphatic heterocycles. The van der Waals surface area contributed by atoms with Crippen LogP contribution in [0, 0.1) is 0 Å². The van der Waals surface area contributed by atoms with Crippen LogP contribution in [0.15, 0.2) is 144 Å². The van der Waals surface area contributed by atoms with Gasteiger partial charge in [0.05, 0.1) is 5.52 Å². The van der Waals surface area contributed by atoms with Gasteiger partial charge in [-0.3, -0.25) is 0 Å². The highest BCUT2D eigenvalue weighted by Crippen LogP contribution is 2.46. The SMILES string of the molecule is CC(C)(C)c1ccc(Nc2cc3sc4cc(C(C)(C)C)ccc4c3cc2-c2ccc3c4cc5c(cc4n4c3c2[B]c2cc3c(cc2-4)sc2ccccc23)oc2ccccc25)cc1. The first-order valence-electron chi connectivity index (χ1n) is 21.6. The zero-order valence-corrected chi connectivity index (χ0v) is 37.2. The molecule has 0 spiro atoms. The Kier molecular flexibility index (Phi) is 7.40. The van der Waals surface area contributed by atoms with Crippen molar-refractivity contribution >= 4 is 136 Å². The first kappa shape index (κ1) is 36.3. The van der Waals surface area contributed by atoms with Crippen LogP contribution in [0.5, 0.6) is 0 Å². The van der Waals surface area contributed by atoms with Crippen molar-refractivity contribution in [2.75, 3.05) is 5.32 Å². The maximum atomic E-state index is 6.56. The summed E-state index contributed by atoms with van der Waals surface area (Å²) in [6, 6.07) is 52.4. The highest BCUT2D eigenvalue weighted by atomic mass is 32.1. The molecule has 13 rings (SSSR count). The van der Waals surface area contributed by atoms with Crippen LogP contribution in [-0.2, 0) is 10.8 Å². The van der Waals surface area contributed by atoms with Gasteiger partial charge in [0.2, 0.25) is 0 Å². The first-order valence-corrected chi connectivity index (χ1v) is 23.2. The minimum Gasteiger partial charge on any atom is -0.456 e. The molecule has 5 heterocycles. The first-order chi connectivity index (χ1) is 29.9. The van der Waals surface area contributed by atoms with Gasteiger partial charge in [0.25, 0.3) is 0 Å². The number of nitrogens with one attached hydrogen (secondary N) is 1. The van der Waals surface area contributed by atoms with Gasteiger partial charge in [-0.1, -0.05) is 126 Å². The van der Waals surface area contributed by atoms with E-state index in [1.54, 1.807) is 0 Å². The number of hydrogen-bond donors (Lipinski definition) is 1. The molecular weight excluding hydrogens is 792 g/mol. The number of furan rings is 1. The maximum absolute atomic E-state index is 6.56. The zero-order chi connectivity index (χ0) is 41.8. The Morgan fingerprint density at radius 1 is 0.500 bits per heavy atom. The molecule has 8 aromatic carbocycles. The standard InChI is InChI=1S/C56H42BN2OS2/c1-55(2,3)30-15-18-32(19-16-30)58-44-27-51-41(35-20-17-31(56(4,5)6)23-50(35)62-51)24-38(44)36-21-22-37-39-25-40-33-11-7-9-13-47(33)60-48(40)28-45(39)59-46-29-52-42(26-43(46)57-53(36)54(37)59)34-12-8-10-14-49(34)61-52/h7-29,58H,1-6H3. The Morgan fingerprint density at radius 3 is 2.00 bits per heavy atom. The fourth-order valence-corrected chi connectivity index (χ4v) is 12.3. The predicted octanol–water partition coefficient (Wildman–Crippen LogP) is 15.4. The lowest BCUT2D eigenvalue weighted by molar-refractivity contribution is 0.590. The van der Waals surface area contributed by atoms with Gasteiger partial charge in [0.1, 0.15) is 11.2 Å². The summed E-state index contributed by atoms with van der Waals surface area (Å²) in [5.41, 5.74) is 15.3.